The first-order valence-corrected chi connectivity index (χ1v) is 10.5. The fourth-order valence-corrected chi connectivity index (χ4v) is 3.95. The van der Waals surface area contributed by atoms with Crippen molar-refractivity contribution in [3.63, 3.8) is 0 Å². The van der Waals surface area contributed by atoms with Crippen LogP contribution in [0.1, 0.15) is 65.3 Å². The molecular weight excluding hydrogens is 374 g/mol. The van der Waals surface area contributed by atoms with Crippen molar-refractivity contribution >= 4 is 23.0 Å². The molecule has 0 saturated carbocycles. The lowest BCUT2D eigenvalue weighted by Crippen LogP contribution is -2.27. The van der Waals surface area contributed by atoms with E-state index in [0.717, 1.165) is 20.9 Å². The molecule has 2 rings (SSSR count). The lowest BCUT2D eigenvalue weighted by molar-refractivity contribution is -0.121. The normalized spacial score (nSPS) is 11.8. The molecule has 0 aliphatic carbocycles. The van der Waals surface area contributed by atoms with Crippen molar-refractivity contribution in [2.45, 2.75) is 53.5 Å². The third kappa shape index (κ3) is 5.83. The van der Waals surface area contributed by atoms with Gasteiger partial charge in [0, 0.05) is 28.2 Å². The molecule has 152 valence electrons. The maximum atomic E-state index is 12.4. The van der Waals surface area contributed by atoms with Crippen molar-refractivity contribution in [3.8, 4) is 11.5 Å². The molecule has 6 heteroatoms. The number of ketones is 1. The lowest BCUT2D eigenvalue weighted by atomic mass is 10.1. The van der Waals surface area contributed by atoms with Crippen LogP contribution < -0.4 is 14.8 Å². The zero-order chi connectivity index (χ0) is 20.7. The SMILES string of the molecule is CCOc1ccc(C(C)NC(=O)CCC(=O)c2cc(C)sc2C)cc1OCC. The number of hydrogen-bond acceptors (Lipinski definition) is 5. The summed E-state index contributed by atoms with van der Waals surface area (Å²) in [4.78, 5) is 26.8. The van der Waals surface area contributed by atoms with Gasteiger partial charge in [-0.1, -0.05) is 6.07 Å². The summed E-state index contributed by atoms with van der Waals surface area (Å²) in [6.07, 6.45) is 0.385. The number of nitrogens with one attached hydrogen (secondary N) is 1. The van der Waals surface area contributed by atoms with Crippen molar-refractivity contribution in [1.29, 1.82) is 0 Å². The highest BCUT2D eigenvalue weighted by Gasteiger charge is 2.16. The molecule has 0 saturated heterocycles. The highest BCUT2D eigenvalue weighted by Crippen LogP contribution is 2.30. The fraction of sp³-hybridized carbons (Fsp3) is 0.455. The minimum absolute atomic E-state index is 0.0179. The molecule has 0 bridgehead atoms. The molecule has 28 heavy (non-hydrogen) atoms. The second-order valence-electron chi connectivity index (χ2n) is 6.61. The first-order valence-electron chi connectivity index (χ1n) is 9.64. The van der Waals surface area contributed by atoms with Gasteiger partial charge in [0.25, 0.3) is 0 Å². The average molecular weight is 404 g/mol. The van der Waals surface area contributed by atoms with E-state index < -0.39 is 0 Å². The van der Waals surface area contributed by atoms with E-state index in [-0.39, 0.29) is 30.6 Å². The highest BCUT2D eigenvalue weighted by atomic mass is 32.1. The standard InChI is InChI=1S/C22H29NO4S/c1-6-26-20-10-8-17(13-21(20)27-7-2)15(4)23-22(25)11-9-19(24)18-12-14(3)28-16(18)5/h8,10,12-13,15H,6-7,9,11H2,1-5H3,(H,23,25). The first-order chi connectivity index (χ1) is 13.3. The van der Waals surface area contributed by atoms with Crippen molar-refractivity contribution in [2.75, 3.05) is 13.2 Å². The van der Waals surface area contributed by atoms with Gasteiger partial charge in [-0.05, 0) is 58.4 Å². The van der Waals surface area contributed by atoms with Crippen molar-refractivity contribution in [3.05, 3.63) is 45.1 Å². The molecule has 1 amide bonds. The Labute approximate surface area is 171 Å². The van der Waals surface area contributed by atoms with Crippen LogP contribution in [0.2, 0.25) is 0 Å². The van der Waals surface area contributed by atoms with E-state index in [9.17, 15) is 9.59 Å². The van der Waals surface area contributed by atoms with Crippen molar-refractivity contribution in [1.82, 2.24) is 5.32 Å². The second-order valence-corrected chi connectivity index (χ2v) is 8.07. The van der Waals surface area contributed by atoms with Gasteiger partial charge in [0.05, 0.1) is 19.3 Å². The summed E-state index contributed by atoms with van der Waals surface area (Å²) in [7, 11) is 0. The molecule has 2 aromatic rings. The van der Waals surface area contributed by atoms with Crippen molar-refractivity contribution < 1.29 is 19.1 Å². The third-order valence-electron chi connectivity index (χ3n) is 4.37. The van der Waals surface area contributed by atoms with Gasteiger partial charge in [0.1, 0.15) is 0 Å². The minimum Gasteiger partial charge on any atom is -0.490 e. The molecule has 0 fully saturated rings. The van der Waals surface area contributed by atoms with Crippen LogP contribution in [0.5, 0.6) is 11.5 Å². The number of Topliss-reactive ketones (excluding diaryl/α,β-unsaturated/α-hetero) is 1. The van der Waals surface area contributed by atoms with Crippen LogP contribution >= 0.6 is 11.3 Å². The van der Waals surface area contributed by atoms with E-state index in [1.165, 1.54) is 0 Å². The Morgan fingerprint density at radius 2 is 1.71 bits per heavy atom. The number of aryl methyl sites for hydroxylation is 2. The van der Waals surface area contributed by atoms with E-state index in [4.69, 9.17) is 9.47 Å². The number of rotatable bonds is 10. The van der Waals surface area contributed by atoms with Gasteiger partial charge >= 0.3 is 0 Å². The molecular formula is C22H29NO4S. The van der Waals surface area contributed by atoms with Gasteiger partial charge in [-0.15, -0.1) is 11.3 Å². The third-order valence-corrected chi connectivity index (χ3v) is 5.33. The molecule has 5 nitrogen and oxygen atoms in total. The molecule has 1 atom stereocenters. The number of thiophene rings is 1. The summed E-state index contributed by atoms with van der Waals surface area (Å²) >= 11 is 1.61. The number of hydrogen-bond donors (Lipinski definition) is 1. The van der Waals surface area contributed by atoms with Crippen LogP contribution in [-0.4, -0.2) is 24.9 Å². The van der Waals surface area contributed by atoms with Crippen LogP contribution in [-0.2, 0) is 4.79 Å². The van der Waals surface area contributed by atoms with Crippen LogP contribution in [0.3, 0.4) is 0 Å². The van der Waals surface area contributed by atoms with E-state index >= 15 is 0 Å². The van der Waals surface area contributed by atoms with Gasteiger partial charge in [-0.2, -0.15) is 0 Å². The maximum absolute atomic E-state index is 12.4. The summed E-state index contributed by atoms with van der Waals surface area (Å²) < 4.78 is 11.2. The molecule has 0 radical (unpaired) electrons. The highest BCUT2D eigenvalue weighted by molar-refractivity contribution is 7.12. The number of ether oxygens (including phenoxy) is 2. The fourth-order valence-electron chi connectivity index (χ4n) is 3.00. The van der Waals surface area contributed by atoms with E-state index in [1.54, 1.807) is 11.3 Å². The topological polar surface area (TPSA) is 64.6 Å². The Bertz CT molecular complexity index is 828. The quantitative estimate of drug-likeness (QED) is 0.567. The predicted octanol–water partition coefficient (Wildman–Crippen LogP) is 5.00. The smallest absolute Gasteiger partial charge is 0.220 e. The first kappa shape index (κ1) is 22.0. The number of carbonyl (C=O) groups excluding carboxylic acids is 2. The average Bonchev–Trinajstić information content (AvgIpc) is 2.99. The maximum Gasteiger partial charge on any atom is 0.220 e. The van der Waals surface area contributed by atoms with Crippen LogP contribution in [0, 0.1) is 13.8 Å². The van der Waals surface area contributed by atoms with E-state index in [2.05, 4.69) is 5.32 Å². The summed E-state index contributed by atoms with van der Waals surface area (Å²) in [5.41, 5.74) is 1.66. The predicted molar refractivity (Wildman–Crippen MR) is 113 cm³/mol. The Hall–Kier alpha value is -2.34. The molecule has 1 unspecified atom stereocenters. The van der Waals surface area contributed by atoms with Crippen LogP contribution in [0.25, 0.3) is 0 Å². The largest absolute Gasteiger partial charge is 0.490 e. The van der Waals surface area contributed by atoms with Gasteiger partial charge < -0.3 is 14.8 Å². The Balaban J connectivity index is 1.95. The van der Waals surface area contributed by atoms with Crippen molar-refractivity contribution in [2.24, 2.45) is 0 Å². The summed E-state index contributed by atoms with van der Waals surface area (Å²) in [6.45, 7) is 10.8. The second kappa shape index (κ2) is 10.3. The van der Waals surface area contributed by atoms with E-state index in [1.807, 2.05) is 58.9 Å². The molecule has 0 aliphatic heterocycles. The molecule has 0 spiro atoms. The van der Waals surface area contributed by atoms with Crippen LogP contribution in [0.15, 0.2) is 24.3 Å². The van der Waals surface area contributed by atoms with Crippen LogP contribution in [0.4, 0.5) is 0 Å². The Morgan fingerprint density at radius 3 is 2.32 bits per heavy atom. The Kier molecular flexibility index (Phi) is 8.05. The molecule has 1 aromatic carbocycles. The number of carbonyl (C=O) groups is 2. The lowest BCUT2D eigenvalue weighted by Gasteiger charge is -2.17. The number of benzene rings is 1. The van der Waals surface area contributed by atoms with Gasteiger partial charge in [-0.25, -0.2) is 0 Å². The minimum atomic E-state index is -0.192. The Morgan fingerprint density at radius 1 is 1.04 bits per heavy atom. The summed E-state index contributed by atoms with van der Waals surface area (Å²) in [5, 5.41) is 2.96. The summed E-state index contributed by atoms with van der Waals surface area (Å²) in [6, 6.07) is 7.38. The molecule has 0 aliphatic rings. The zero-order valence-electron chi connectivity index (χ0n) is 17.3. The monoisotopic (exact) mass is 403 g/mol. The van der Waals surface area contributed by atoms with Gasteiger partial charge in [-0.3, -0.25) is 9.59 Å². The molecule has 1 heterocycles. The summed E-state index contributed by atoms with van der Waals surface area (Å²) in [5.74, 6) is 1.24. The number of amides is 1. The van der Waals surface area contributed by atoms with Gasteiger partial charge in [0.15, 0.2) is 17.3 Å². The van der Waals surface area contributed by atoms with Gasteiger partial charge in [0.2, 0.25) is 5.91 Å². The molecule has 1 aromatic heterocycles. The van der Waals surface area contributed by atoms with E-state index in [0.29, 0.717) is 24.7 Å². The molecule has 1 N–H and O–H groups in total. The zero-order valence-corrected chi connectivity index (χ0v) is 18.1.